The van der Waals surface area contributed by atoms with Crippen molar-refractivity contribution in [2.45, 2.75) is 41.0 Å². The Hall–Kier alpha value is -0.840. The number of nitrogens with one attached hydrogen (secondary N) is 1. The minimum absolute atomic E-state index is 0.600. The number of halogens is 1. The largest absolute Gasteiger partial charge is 0.355 e. The molecule has 1 aromatic rings. The predicted octanol–water partition coefficient (Wildman–Crippen LogP) is 4.18. The van der Waals surface area contributed by atoms with Gasteiger partial charge in [0.2, 0.25) is 5.95 Å². The summed E-state index contributed by atoms with van der Waals surface area (Å²) in [7, 11) is 0. The van der Waals surface area contributed by atoms with E-state index in [1.807, 2.05) is 6.20 Å². The maximum absolute atomic E-state index is 4.67. The van der Waals surface area contributed by atoms with Crippen LogP contribution in [0, 0.1) is 11.8 Å². The highest BCUT2D eigenvalue weighted by Gasteiger charge is 2.16. The van der Waals surface area contributed by atoms with E-state index in [2.05, 4.69) is 70.7 Å². The van der Waals surface area contributed by atoms with Gasteiger partial charge in [0, 0.05) is 25.8 Å². The Morgan fingerprint density at radius 2 is 1.80 bits per heavy atom. The number of nitrogens with zero attached hydrogens (tertiary/aromatic N) is 3. The van der Waals surface area contributed by atoms with Gasteiger partial charge < -0.3 is 10.2 Å². The molecule has 0 aliphatic rings. The summed E-state index contributed by atoms with van der Waals surface area (Å²) in [5, 5.41) is 3.25. The lowest BCUT2D eigenvalue weighted by molar-refractivity contribution is 0.548. The monoisotopic (exact) mass is 342 g/mol. The summed E-state index contributed by atoms with van der Waals surface area (Å²) in [6.45, 7) is 14.0. The quantitative estimate of drug-likeness (QED) is 0.769. The molecule has 0 bridgehead atoms. The molecule has 114 valence electrons. The van der Waals surface area contributed by atoms with Crippen molar-refractivity contribution < 1.29 is 0 Å². The van der Waals surface area contributed by atoms with Crippen LogP contribution in [0.3, 0.4) is 0 Å². The number of rotatable bonds is 8. The van der Waals surface area contributed by atoms with Gasteiger partial charge in [-0.1, -0.05) is 34.6 Å². The third-order valence-electron chi connectivity index (χ3n) is 2.73. The van der Waals surface area contributed by atoms with Gasteiger partial charge in [0.25, 0.3) is 0 Å². The second kappa shape index (κ2) is 8.45. The zero-order valence-electron chi connectivity index (χ0n) is 13.3. The summed E-state index contributed by atoms with van der Waals surface area (Å²) < 4.78 is 0.959. The van der Waals surface area contributed by atoms with Crippen molar-refractivity contribution in [1.29, 1.82) is 0 Å². The van der Waals surface area contributed by atoms with E-state index >= 15 is 0 Å². The molecule has 0 saturated carbocycles. The van der Waals surface area contributed by atoms with E-state index in [0.717, 1.165) is 36.3 Å². The third-order valence-corrected chi connectivity index (χ3v) is 3.29. The smallest absolute Gasteiger partial charge is 0.224 e. The minimum Gasteiger partial charge on any atom is -0.355 e. The van der Waals surface area contributed by atoms with Gasteiger partial charge in [0.1, 0.15) is 5.82 Å². The maximum Gasteiger partial charge on any atom is 0.224 e. The van der Waals surface area contributed by atoms with Crippen molar-refractivity contribution in [1.82, 2.24) is 9.97 Å². The molecule has 4 nitrogen and oxygen atoms in total. The number of anilines is 2. The summed E-state index contributed by atoms with van der Waals surface area (Å²) in [6, 6.07) is 0. The van der Waals surface area contributed by atoms with Crippen LogP contribution in [0.5, 0.6) is 0 Å². The van der Waals surface area contributed by atoms with Crippen molar-refractivity contribution in [3.8, 4) is 0 Å². The first-order valence-electron chi connectivity index (χ1n) is 7.45. The number of hydrogen-bond donors (Lipinski definition) is 1. The Labute approximate surface area is 131 Å². The van der Waals surface area contributed by atoms with Crippen molar-refractivity contribution in [2.24, 2.45) is 11.8 Å². The molecule has 20 heavy (non-hydrogen) atoms. The Morgan fingerprint density at radius 3 is 2.30 bits per heavy atom. The van der Waals surface area contributed by atoms with Crippen LogP contribution in [0.1, 0.15) is 41.0 Å². The van der Waals surface area contributed by atoms with E-state index in [0.29, 0.717) is 17.8 Å². The van der Waals surface area contributed by atoms with Crippen LogP contribution in [0.15, 0.2) is 10.7 Å². The molecule has 0 spiro atoms. The predicted molar refractivity (Wildman–Crippen MR) is 90.4 cm³/mol. The fourth-order valence-electron chi connectivity index (χ4n) is 2.03. The zero-order valence-corrected chi connectivity index (χ0v) is 14.9. The van der Waals surface area contributed by atoms with Gasteiger partial charge in [-0.2, -0.15) is 4.98 Å². The van der Waals surface area contributed by atoms with E-state index in [4.69, 9.17) is 0 Å². The first-order valence-corrected chi connectivity index (χ1v) is 8.24. The van der Waals surface area contributed by atoms with Crippen LogP contribution < -0.4 is 10.2 Å². The fourth-order valence-corrected chi connectivity index (χ4v) is 2.47. The standard InChI is InChI=1S/C15H27BrN4/c1-6-7-17-15-18-8-13(16)14(19-15)20(9-11(2)3)10-12(4)5/h8,11-12H,6-7,9-10H2,1-5H3,(H,17,18,19). The Kier molecular flexibility index (Phi) is 7.27. The summed E-state index contributed by atoms with van der Waals surface area (Å²) in [4.78, 5) is 11.3. The molecule has 0 aliphatic carbocycles. The average molecular weight is 343 g/mol. The molecule has 0 radical (unpaired) electrons. The van der Waals surface area contributed by atoms with Crippen molar-refractivity contribution >= 4 is 27.7 Å². The van der Waals surface area contributed by atoms with Crippen molar-refractivity contribution in [2.75, 3.05) is 29.9 Å². The molecule has 5 heteroatoms. The SMILES string of the molecule is CCCNc1ncc(Br)c(N(CC(C)C)CC(C)C)n1. The van der Waals surface area contributed by atoms with Crippen molar-refractivity contribution in [3.63, 3.8) is 0 Å². The number of hydrogen-bond acceptors (Lipinski definition) is 4. The van der Waals surface area contributed by atoms with Gasteiger partial charge in [-0.25, -0.2) is 4.98 Å². The molecule has 0 unspecified atom stereocenters. The highest BCUT2D eigenvalue weighted by molar-refractivity contribution is 9.10. The summed E-state index contributed by atoms with van der Waals surface area (Å²) in [6.07, 6.45) is 2.91. The first kappa shape index (κ1) is 17.2. The lowest BCUT2D eigenvalue weighted by Crippen LogP contribution is -2.32. The number of aromatic nitrogens is 2. The summed E-state index contributed by atoms with van der Waals surface area (Å²) >= 11 is 3.58. The molecule has 0 amide bonds. The van der Waals surface area contributed by atoms with Crippen LogP contribution in [-0.4, -0.2) is 29.6 Å². The van der Waals surface area contributed by atoms with Gasteiger partial charge in [-0.3, -0.25) is 0 Å². The van der Waals surface area contributed by atoms with Gasteiger partial charge >= 0.3 is 0 Å². The topological polar surface area (TPSA) is 41.1 Å². The zero-order chi connectivity index (χ0) is 15.1. The normalized spacial score (nSPS) is 11.2. The average Bonchev–Trinajstić information content (AvgIpc) is 2.36. The molecule has 0 aliphatic heterocycles. The first-order chi connectivity index (χ1) is 9.43. The van der Waals surface area contributed by atoms with Crippen molar-refractivity contribution in [3.05, 3.63) is 10.7 Å². The van der Waals surface area contributed by atoms with Gasteiger partial charge in [-0.05, 0) is 34.2 Å². The van der Waals surface area contributed by atoms with E-state index in [9.17, 15) is 0 Å². The molecule has 1 rings (SSSR count). The van der Waals surface area contributed by atoms with E-state index in [-0.39, 0.29) is 0 Å². The van der Waals surface area contributed by atoms with E-state index in [1.54, 1.807) is 0 Å². The molecule has 0 aromatic carbocycles. The van der Waals surface area contributed by atoms with Gasteiger partial charge in [-0.15, -0.1) is 0 Å². The Balaban J connectivity index is 2.97. The van der Waals surface area contributed by atoms with Crippen LogP contribution in [0.4, 0.5) is 11.8 Å². The highest BCUT2D eigenvalue weighted by atomic mass is 79.9. The minimum atomic E-state index is 0.600. The van der Waals surface area contributed by atoms with E-state index in [1.165, 1.54) is 0 Å². The highest BCUT2D eigenvalue weighted by Crippen LogP contribution is 2.26. The molecule has 1 N–H and O–H groups in total. The summed E-state index contributed by atoms with van der Waals surface area (Å²) in [5.74, 6) is 2.90. The Morgan fingerprint density at radius 1 is 1.20 bits per heavy atom. The molecular weight excluding hydrogens is 316 g/mol. The molecule has 1 heterocycles. The maximum atomic E-state index is 4.67. The molecule has 1 aromatic heterocycles. The lowest BCUT2D eigenvalue weighted by Gasteiger charge is -2.28. The third kappa shape index (κ3) is 5.65. The van der Waals surface area contributed by atoms with Crippen LogP contribution in [-0.2, 0) is 0 Å². The second-order valence-corrected chi connectivity index (χ2v) is 6.84. The molecule has 0 atom stereocenters. The van der Waals surface area contributed by atoms with Crippen LogP contribution in [0.2, 0.25) is 0 Å². The molecule has 0 fully saturated rings. The summed E-state index contributed by atoms with van der Waals surface area (Å²) in [5.41, 5.74) is 0. The van der Waals surface area contributed by atoms with Gasteiger partial charge in [0.15, 0.2) is 0 Å². The fraction of sp³-hybridized carbons (Fsp3) is 0.733. The second-order valence-electron chi connectivity index (χ2n) is 5.98. The van der Waals surface area contributed by atoms with Crippen LogP contribution >= 0.6 is 15.9 Å². The van der Waals surface area contributed by atoms with Gasteiger partial charge in [0.05, 0.1) is 4.47 Å². The molecular formula is C15H27BrN4. The Bertz CT molecular complexity index is 397. The van der Waals surface area contributed by atoms with E-state index < -0.39 is 0 Å². The lowest BCUT2D eigenvalue weighted by atomic mass is 10.1. The molecule has 0 saturated heterocycles. The van der Waals surface area contributed by atoms with Crippen LogP contribution in [0.25, 0.3) is 0 Å².